The molecule has 162 valence electrons. The zero-order valence-electron chi connectivity index (χ0n) is 18.8. The average molecular weight is 400 g/mol. The van der Waals surface area contributed by atoms with Gasteiger partial charge in [-0.25, -0.2) is 0 Å². The van der Waals surface area contributed by atoms with Gasteiger partial charge in [0.25, 0.3) is 0 Å². The summed E-state index contributed by atoms with van der Waals surface area (Å²) in [5, 5.41) is 3.54. The summed E-state index contributed by atoms with van der Waals surface area (Å²) >= 11 is 0. The zero-order chi connectivity index (χ0) is 20.5. The van der Waals surface area contributed by atoms with Gasteiger partial charge in [-0.15, -0.1) is 0 Å². The van der Waals surface area contributed by atoms with Crippen molar-refractivity contribution in [2.75, 3.05) is 66.0 Å². The second kappa shape index (κ2) is 11.6. The van der Waals surface area contributed by atoms with Crippen LogP contribution in [0.1, 0.15) is 44.6 Å². The Morgan fingerprint density at radius 2 is 1.93 bits per heavy atom. The fourth-order valence-corrected chi connectivity index (χ4v) is 4.76. The molecule has 2 aliphatic heterocycles. The van der Waals surface area contributed by atoms with E-state index in [1.54, 1.807) is 0 Å². The molecule has 2 heterocycles. The van der Waals surface area contributed by atoms with Crippen molar-refractivity contribution in [1.29, 1.82) is 0 Å². The van der Waals surface area contributed by atoms with Crippen molar-refractivity contribution in [3.63, 3.8) is 0 Å². The number of benzene rings is 1. The quantitative estimate of drug-likeness (QED) is 0.453. The lowest BCUT2D eigenvalue weighted by atomic mass is 9.82. The van der Waals surface area contributed by atoms with E-state index in [2.05, 4.69) is 71.2 Å². The summed E-state index contributed by atoms with van der Waals surface area (Å²) in [6.07, 6.45) is 3.64. The molecule has 2 fully saturated rings. The molecular weight excluding hydrogens is 358 g/mol. The third-order valence-corrected chi connectivity index (χ3v) is 6.47. The smallest absolute Gasteiger partial charge is 0.193 e. The molecule has 0 spiro atoms. The molecule has 0 radical (unpaired) electrons. The minimum atomic E-state index is 0.643. The Labute approximate surface area is 178 Å². The molecule has 2 atom stereocenters. The predicted octanol–water partition coefficient (Wildman–Crippen LogP) is 3.11. The van der Waals surface area contributed by atoms with Crippen molar-refractivity contribution in [3.05, 3.63) is 35.9 Å². The van der Waals surface area contributed by atoms with Crippen LogP contribution in [-0.2, 0) is 0 Å². The van der Waals surface area contributed by atoms with Crippen molar-refractivity contribution in [2.24, 2.45) is 10.9 Å². The van der Waals surface area contributed by atoms with Gasteiger partial charge < -0.3 is 20.0 Å². The van der Waals surface area contributed by atoms with Gasteiger partial charge in [0.05, 0.1) is 0 Å². The number of nitrogens with one attached hydrogen (secondary N) is 1. The van der Waals surface area contributed by atoms with Crippen LogP contribution in [0.4, 0.5) is 0 Å². The van der Waals surface area contributed by atoms with Gasteiger partial charge in [-0.3, -0.25) is 4.99 Å². The van der Waals surface area contributed by atoms with Gasteiger partial charge in [-0.2, -0.15) is 0 Å². The Morgan fingerprint density at radius 3 is 2.69 bits per heavy atom. The van der Waals surface area contributed by atoms with Crippen LogP contribution in [0.25, 0.3) is 0 Å². The van der Waals surface area contributed by atoms with E-state index in [-0.39, 0.29) is 0 Å². The molecule has 1 aromatic carbocycles. The molecular formula is C24H41N5. The van der Waals surface area contributed by atoms with E-state index >= 15 is 0 Å². The van der Waals surface area contributed by atoms with E-state index < -0.39 is 0 Å². The third-order valence-electron chi connectivity index (χ3n) is 6.47. The number of aliphatic imine (C=N–C) groups is 1. The molecule has 1 aromatic rings. The zero-order valence-corrected chi connectivity index (χ0v) is 18.8. The molecule has 2 unspecified atom stereocenters. The van der Waals surface area contributed by atoms with Crippen LogP contribution in [0.15, 0.2) is 35.3 Å². The first kappa shape index (κ1) is 22.1. The van der Waals surface area contributed by atoms with Gasteiger partial charge in [-0.1, -0.05) is 37.3 Å². The van der Waals surface area contributed by atoms with Gasteiger partial charge in [-0.05, 0) is 70.3 Å². The molecule has 0 aliphatic carbocycles. The maximum absolute atomic E-state index is 4.99. The topological polar surface area (TPSA) is 34.1 Å². The average Bonchev–Trinajstić information content (AvgIpc) is 2.95. The number of likely N-dealkylation sites (N-methyl/N-ethyl adjacent to an activating group) is 1. The highest BCUT2D eigenvalue weighted by atomic mass is 15.3. The lowest BCUT2D eigenvalue weighted by Crippen LogP contribution is -2.48. The number of hydrogen-bond acceptors (Lipinski definition) is 3. The summed E-state index contributed by atoms with van der Waals surface area (Å²) in [6, 6.07) is 11.0. The Morgan fingerprint density at radius 1 is 1.10 bits per heavy atom. The normalized spacial score (nSPS) is 25.1. The van der Waals surface area contributed by atoms with Crippen LogP contribution in [0.2, 0.25) is 0 Å². The summed E-state index contributed by atoms with van der Waals surface area (Å²) in [6.45, 7) is 14.6. The molecule has 2 aliphatic rings. The maximum Gasteiger partial charge on any atom is 0.193 e. The molecule has 3 rings (SSSR count). The summed E-state index contributed by atoms with van der Waals surface area (Å²) < 4.78 is 0. The lowest BCUT2D eigenvalue weighted by Gasteiger charge is -2.39. The summed E-state index contributed by atoms with van der Waals surface area (Å²) in [5.74, 6) is 2.42. The second-order valence-corrected chi connectivity index (χ2v) is 8.82. The van der Waals surface area contributed by atoms with Crippen molar-refractivity contribution < 1.29 is 0 Å². The highest BCUT2D eigenvalue weighted by Crippen LogP contribution is 2.32. The molecule has 1 N–H and O–H groups in total. The van der Waals surface area contributed by atoms with Crippen LogP contribution in [-0.4, -0.2) is 86.6 Å². The van der Waals surface area contributed by atoms with E-state index in [9.17, 15) is 0 Å². The summed E-state index contributed by atoms with van der Waals surface area (Å²) in [7, 11) is 2.23. The van der Waals surface area contributed by atoms with Crippen molar-refractivity contribution in [3.8, 4) is 0 Å². The molecule has 0 saturated carbocycles. The monoisotopic (exact) mass is 399 g/mol. The van der Waals surface area contributed by atoms with Gasteiger partial charge in [0.1, 0.15) is 0 Å². The van der Waals surface area contributed by atoms with Crippen molar-refractivity contribution in [2.45, 2.75) is 39.0 Å². The van der Waals surface area contributed by atoms with Gasteiger partial charge >= 0.3 is 0 Å². The van der Waals surface area contributed by atoms with Crippen LogP contribution in [0, 0.1) is 5.92 Å². The van der Waals surface area contributed by atoms with Crippen molar-refractivity contribution >= 4 is 5.96 Å². The highest BCUT2D eigenvalue weighted by molar-refractivity contribution is 5.80. The largest absolute Gasteiger partial charge is 0.357 e. The molecule has 0 bridgehead atoms. The number of piperidine rings is 1. The number of rotatable bonds is 6. The van der Waals surface area contributed by atoms with Crippen LogP contribution in [0.5, 0.6) is 0 Å². The first-order valence-corrected chi connectivity index (χ1v) is 11.7. The Hall–Kier alpha value is -1.59. The SMILES string of the molecule is CCNC(=NCCCN1CCCN(C)CC1)N1CCC(c2ccccc2)C(C)C1. The number of nitrogens with zero attached hydrogens (tertiary/aromatic N) is 4. The Balaban J connectivity index is 1.49. The maximum atomic E-state index is 4.99. The number of hydrogen-bond donors (Lipinski definition) is 1. The minimum Gasteiger partial charge on any atom is -0.357 e. The molecule has 29 heavy (non-hydrogen) atoms. The summed E-state index contributed by atoms with van der Waals surface area (Å²) in [5.41, 5.74) is 1.49. The number of guanidine groups is 1. The minimum absolute atomic E-state index is 0.643. The van der Waals surface area contributed by atoms with Gasteiger partial charge in [0, 0.05) is 39.3 Å². The standard InChI is InChI=1S/C24H41N5/c1-4-25-24(26-13-8-15-28-16-9-14-27(3)18-19-28)29-17-12-23(21(2)20-29)22-10-6-5-7-11-22/h5-7,10-11,21,23H,4,8-9,12-20H2,1-3H3,(H,25,26). The Kier molecular flexibility index (Phi) is 8.81. The predicted molar refractivity (Wildman–Crippen MR) is 124 cm³/mol. The number of likely N-dealkylation sites (tertiary alicyclic amines) is 1. The van der Waals surface area contributed by atoms with Gasteiger partial charge in [0.15, 0.2) is 5.96 Å². The van der Waals surface area contributed by atoms with E-state index in [4.69, 9.17) is 4.99 Å². The first-order valence-electron chi connectivity index (χ1n) is 11.7. The highest BCUT2D eigenvalue weighted by Gasteiger charge is 2.28. The molecule has 0 amide bonds. The van der Waals surface area contributed by atoms with E-state index in [0.717, 1.165) is 38.6 Å². The molecule has 5 heteroatoms. The van der Waals surface area contributed by atoms with Crippen LogP contribution < -0.4 is 5.32 Å². The summed E-state index contributed by atoms with van der Waals surface area (Å²) in [4.78, 5) is 12.5. The van der Waals surface area contributed by atoms with Crippen molar-refractivity contribution in [1.82, 2.24) is 20.0 Å². The van der Waals surface area contributed by atoms with Crippen LogP contribution >= 0.6 is 0 Å². The third kappa shape index (κ3) is 6.71. The fourth-order valence-electron chi connectivity index (χ4n) is 4.76. The Bertz CT molecular complexity index is 617. The lowest BCUT2D eigenvalue weighted by molar-refractivity contribution is 0.234. The van der Waals surface area contributed by atoms with Gasteiger partial charge in [0.2, 0.25) is 0 Å². The first-order chi connectivity index (χ1) is 14.2. The van der Waals surface area contributed by atoms with E-state index in [1.807, 2.05) is 0 Å². The van der Waals surface area contributed by atoms with E-state index in [0.29, 0.717) is 11.8 Å². The van der Waals surface area contributed by atoms with Crippen LogP contribution in [0.3, 0.4) is 0 Å². The fraction of sp³-hybridized carbons (Fsp3) is 0.708. The van der Waals surface area contributed by atoms with E-state index in [1.165, 1.54) is 51.1 Å². The molecule has 5 nitrogen and oxygen atoms in total. The molecule has 0 aromatic heterocycles. The second-order valence-electron chi connectivity index (χ2n) is 8.82. The molecule has 2 saturated heterocycles.